The highest BCUT2D eigenvalue weighted by molar-refractivity contribution is 7.89. The number of amides is 3. The van der Waals surface area contributed by atoms with Gasteiger partial charge in [0.05, 0.1) is 10.9 Å². The number of hydrogen-bond acceptors (Lipinski definition) is 5. The standard InChI is InChI=1S/C20H27FN4O4S/c1-2-10-23-12-8-20(9-13-23)18(26)25(19(27)22-20)16-7-11-24(14-16)30(28,29)17-5-3-15(21)4-6-17/h3-6,16H,2,7-14H2,1H3,(H,22,27). The van der Waals surface area contributed by atoms with Crippen molar-refractivity contribution in [1.82, 2.24) is 19.4 Å². The molecular formula is C20H27FN4O4S. The Balaban J connectivity index is 1.46. The van der Waals surface area contributed by atoms with E-state index in [1.807, 2.05) is 0 Å². The molecule has 3 saturated heterocycles. The van der Waals surface area contributed by atoms with Crippen molar-refractivity contribution in [2.75, 3.05) is 32.7 Å². The summed E-state index contributed by atoms with van der Waals surface area (Å²) >= 11 is 0. The largest absolute Gasteiger partial charge is 0.325 e. The van der Waals surface area contributed by atoms with Crippen molar-refractivity contribution in [1.29, 1.82) is 0 Å². The third-order valence-electron chi connectivity index (χ3n) is 6.39. The second-order valence-electron chi connectivity index (χ2n) is 8.29. The van der Waals surface area contributed by atoms with E-state index in [0.29, 0.717) is 19.3 Å². The van der Waals surface area contributed by atoms with Crippen molar-refractivity contribution in [3.8, 4) is 0 Å². The molecule has 8 nitrogen and oxygen atoms in total. The molecule has 164 valence electrons. The predicted molar refractivity (Wildman–Crippen MR) is 108 cm³/mol. The lowest BCUT2D eigenvalue weighted by Gasteiger charge is -2.37. The summed E-state index contributed by atoms with van der Waals surface area (Å²) in [6.45, 7) is 4.85. The Morgan fingerprint density at radius 3 is 2.43 bits per heavy atom. The number of halogens is 1. The van der Waals surface area contributed by atoms with E-state index in [-0.39, 0.29) is 23.9 Å². The highest BCUT2D eigenvalue weighted by Gasteiger charge is 2.55. The number of imide groups is 1. The van der Waals surface area contributed by atoms with E-state index in [1.54, 1.807) is 0 Å². The molecule has 1 N–H and O–H groups in total. The molecule has 3 heterocycles. The lowest BCUT2D eigenvalue weighted by molar-refractivity contribution is -0.134. The molecule has 1 aromatic carbocycles. The number of urea groups is 1. The maximum absolute atomic E-state index is 13.2. The van der Waals surface area contributed by atoms with E-state index in [1.165, 1.54) is 21.3 Å². The third kappa shape index (κ3) is 3.61. The molecular weight excluding hydrogens is 411 g/mol. The topological polar surface area (TPSA) is 90.0 Å². The summed E-state index contributed by atoms with van der Waals surface area (Å²) in [5.74, 6) is -0.752. The van der Waals surface area contributed by atoms with Crippen LogP contribution in [0.4, 0.5) is 9.18 Å². The van der Waals surface area contributed by atoms with Gasteiger partial charge in [-0.2, -0.15) is 4.31 Å². The fourth-order valence-corrected chi connectivity index (χ4v) is 6.17. The van der Waals surface area contributed by atoms with Gasteiger partial charge in [-0.3, -0.25) is 9.69 Å². The summed E-state index contributed by atoms with van der Waals surface area (Å²) in [7, 11) is -3.81. The van der Waals surface area contributed by atoms with Gasteiger partial charge in [-0.1, -0.05) is 6.92 Å². The van der Waals surface area contributed by atoms with Crippen LogP contribution in [0.25, 0.3) is 0 Å². The van der Waals surface area contributed by atoms with E-state index >= 15 is 0 Å². The Bertz CT molecular complexity index is 929. The first-order valence-electron chi connectivity index (χ1n) is 10.4. The number of carbonyl (C=O) groups is 2. The van der Waals surface area contributed by atoms with E-state index < -0.39 is 33.5 Å². The fraction of sp³-hybridized carbons (Fsp3) is 0.600. The average molecular weight is 439 g/mol. The minimum absolute atomic E-state index is 0.00140. The molecule has 0 aromatic heterocycles. The molecule has 3 amide bonds. The zero-order valence-electron chi connectivity index (χ0n) is 17.0. The molecule has 0 radical (unpaired) electrons. The minimum Gasteiger partial charge on any atom is -0.323 e. The molecule has 0 bridgehead atoms. The van der Waals surface area contributed by atoms with Gasteiger partial charge >= 0.3 is 6.03 Å². The SMILES string of the molecule is CCCN1CCC2(CC1)NC(=O)N(C1CCN(S(=O)(=O)c3ccc(F)cc3)C1)C2=O. The summed E-state index contributed by atoms with van der Waals surface area (Å²) in [6, 6.07) is 3.73. The van der Waals surface area contributed by atoms with Gasteiger partial charge in [-0.25, -0.2) is 17.6 Å². The summed E-state index contributed by atoms with van der Waals surface area (Å²) in [4.78, 5) is 29.4. The Morgan fingerprint density at radius 2 is 1.80 bits per heavy atom. The van der Waals surface area contributed by atoms with Crippen molar-refractivity contribution < 1.29 is 22.4 Å². The number of nitrogens with one attached hydrogen (secondary N) is 1. The smallest absolute Gasteiger partial charge is 0.323 e. The lowest BCUT2D eigenvalue weighted by atomic mass is 9.87. The quantitative estimate of drug-likeness (QED) is 0.702. The van der Waals surface area contributed by atoms with Gasteiger partial charge < -0.3 is 10.2 Å². The first-order valence-corrected chi connectivity index (χ1v) is 11.8. The van der Waals surface area contributed by atoms with Gasteiger partial charge in [0.2, 0.25) is 10.0 Å². The average Bonchev–Trinajstić information content (AvgIpc) is 3.28. The molecule has 3 fully saturated rings. The molecule has 3 aliphatic rings. The fourth-order valence-electron chi connectivity index (χ4n) is 4.68. The normalized spacial score (nSPS) is 25.3. The van der Waals surface area contributed by atoms with Crippen LogP contribution in [0.15, 0.2) is 29.2 Å². The Hall–Kier alpha value is -2.04. The van der Waals surface area contributed by atoms with Crippen LogP contribution in [0, 0.1) is 5.82 Å². The van der Waals surface area contributed by atoms with Crippen LogP contribution in [-0.4, -0.2) is 78.8 Å². The van der Waals surface area contributed by atoms with Crippen LogP contribution < -0.4 is 5.32 Å². The Morgan fingerprint density at radius 1 is 1.13 bits per heavy atom. The molecule has 10 heteroatoms. The van der Waals surface area contributed by atoms with Crippen LogP contribution in [0.5, 0.6) is 0 Å². The van der Waals surface area contributed by atoms with Gasteiger partial charge in [0, 0.05) is 26.2 Å². The Kier molecular flexibility index (Phi) is 5.58. The molecule has 1 unspecified atom stereocenters. The summed E-state index contributed by atoms with van der Waals surface area (Å²) in [5.41, 5.74) is -0.870. The third-order valence-corrected chi connectivity index (χ3v) is 8.26. The van der Waals surface area contributed by atoms with Gasteiger partial charge in [-0.15, -0.1) is 0 Å². The number of rotatable bonds is 5. The maximum Gasteiger partial charge on any atom is 0.325 e. The maximum atomic E-state index is 13.2. The van der Waals surface area contributed by atoms with Crippen molar-refractivity contribution in [2.24, 2.45) is 0 Å². The van der Waals surface area contributed by atoms with E-state index in [2.05, 4.69) is 17.1 Å². The van der Waals surface area contributed by atoms with Crippen LogP contribution in [0.2, 0.25) is 0 Å². The molecule has 0 saturated carbocycles. The van der Waals surface area contributed by atoms with Crippen molar-refractivity contribution in [3.63, 3.8) is 0 Å². The second kappa shape index (κ2) is 7.90. The first kappa shape index (κ1) is 21.2. The number of benzene rings is 1. The number of carbonyl (C=O) groups excluding carboxylic acids is 2. The zero-order valence-corrected chi connectivity index (χ0v) is 17.8. The monoisotopic (exact) mass is 438 g/mol. The summed E-state index contributed by atoms with van der Waals surface area (Å²) < 4.78 is 40.1. The van der Waals surface area contributed by atoms with Crippen LogP contribution >= 0.6 is 0 Å². The van der Waals surface area contributed by atoms with Gasteiger partial charge in [0.1, 0.15) is 11.4 Å². The van der Waals surface area contributed by atoms with Gasteiger partial charge in [0.15, 0.2) is 0 Å². The second-order valence-corrected chi connectivity index (χ2v) is 10.2. The highest BCUT2D eigenvalue weighted by atomic mass is 32.2. The molecule has 30 heavy (non-hydrogen) atoms. The van der Waals surface area contributed by atoms with Gasteiger partial charge in [0.25, 0.3) is 5.91 Å². The number of likely N-dealkylation sites (tertiary alicyclic amines) is 1. The lowest BCUT2D eigenvalue weighted by Crippen LogP contribution is -2.55. The van der Waals surface area contributed by atoms with Crippen molar-refractivity contribution in [2.45, 2.75) is 49.1 Å². The first-order chi connectivity index (χ1) is 14.3. The number of sulfonamides is 1. The summed E-state index contributed by atoms with van der Waals surface area (Å²) in [5, 5.41) is 2.90. The zero-order chi connectivity index (χ0) is 21.5. The van der Waals surface area contributed by atoms with Gasteiger partial charge in [-0.05, 0) is 56.5 Å². The van der Waals surface area contributed by atoms with E-state index in [4.69, 9.17) is 0 Å². The predicted octanol–water partition coefficient (Wildman–Crippen LogP) is 1.39. The van der Waals surface area contributed by atoms with Crippen LogP contribution in [0.1, 0.15) is 32.6 Å². The Labute approximate surface area is 176 Å². The van der Waals surface area contributed by atoms with Crippen LogP contribution in [-0.2, 0) is 14.8 Å². The molecule has 1 spiro atoms. The van der Waals surface area contributed by atoms with E-state index in [9.17, 15) is 22.4 Å². The van der Waals surface area contributed by atoms with E-state index in [0.717, 1.165) is 38.2 Å². The highest BCUT2D eigenvalue weighted by Crippen LogP contribution is 2.33. The molecule has 1 aromatic rings. The number of nitrogens with zero attached hydrogens (tertiary/aromatic N) is 3. The molecule has 1 atom stereocenters. The molecule has 0 aliphatic carbocycles. The summed E-state index contributed by atoms with van der Waals surface area (Å²) in [6.07, 6.45) is 2.56. The number of hydrogen-bond donors (Lipinski definition) is 1. The van der Waals surface area contributed by atoms with Crippen LogP contribution in [0.3, 0.4) is 0 Å². The number of piperidine rings is 1. The molecule has 4 rings (SSSR count). The van der Waals surface area contributed by atoms with Crippen molar-refractivity contribution in [3.05, 3.63) is 30.1 Å². The minimum atomic E-state index is -3.81. The van der Waals surface area contributed by atoms with Crippen molar-refractivity contribution >= 4 is 22.0 Å². The molecule has 3 aliphatic heterocycles.